The zero-order chi connectivity index (χ0) is 19.9. The second-order valence-corrected chi connectivity index (χ2v) is 8.09. The summed E-state index contributed by atoms with van der Waals surface area (Å²) in [6.07, 6.45) is 1.21. The highest BCUT2D eigenvalue weighted by molar-refractivity contribution is 7.92. The van der Waals surface area contributed by atoms with Crippen LogP contribution in [-0.4, -0.2) is 40.2 Å². The van der Waals surface area contributed by atoms with Crippen molar-refractivity contribution >= 4 is 33.0 Å². The normalized spacial score (nSPS) is 11.1. The van der Waals surface area contributed by atoms with E-state index in [1.165, 1.54) is 4.31 Å². The SMILES string of the molecule is CCN(CC)c1ccc(NC(=O)CCN(c2ccccc2)S(C)(=O)=O)cc1. The van der Waals surface area contributed by atoms with Gasteiger partial charge in [0, 0.05) is 37.4 Å². The molecule has 0 fully saturated rings. The molecule has 0 bridgehead atoms. The first-order valence-corrected chi connectivity index (χ1v) is 10.9. The number of carbonyl (C=O) groups excluding carboxylic acids is 1. The van der Waals surface area contributed by atoms with Gasteiger partial charge in [0.1, 0.15) is 0 Å². The molecule has 0 atom stereocenters. The average Bonchev–Trinajstić information content (AvgIpc) is 2.64. The van der Waals surface area contributed by atoms with Crippen LogP contribution in [0.5, 0.6) is 0 Å². The number of hydrogen-bond acceptors (Lipinski definition) is 4. The first-order valence-electron chi connectivity index (χ1n) is 9.02. The second kappa shape index (κ2) is 9.41. The topological polar surface area (TPSA) is 69.7 Å². The molecule has 7 heteroatoms. The lowest BCUT2D eigenvalue weighted by atomic mass is 10.2. The summed E-state index contributed by atoms with van der Waals surface area (Å²) in [6.45, 7) is 6.12. The third kappa shape index (κ3) is 5.99. The van der Waals surface area contributed by atoms with Crippen molar-refractivity contribution in [2.24, 2.45) is 0 Å². The van der Waals surface area contributed by atoms with Crippen molar-refractivity contribution in [1.82, 2.24) is 0 Å². The molecule has 2 aromatic rings. The summed E-state index contributed by atoms with van der Waals surface area (Å²) in [7, 11) is -3.46. The Morgan fingerprint density at radius 2 is 1.52 bits per heavy atom. The number of rotatable bonds is 9. The molecule has 1 N–H and O–H groups in total. The molecule has 2 rings (SSSR count). The van der Waals surface area contributed by atoms with E-state index in [1.807, 2.05) is 30.3 Å². The smallest absolute Gasteiger partial charge is 0.232 e. The van der Waals surface area contributed by atoms with Gasteiger partial charge in [-0.2, -0.15) is 0 Å². The number of benzene rings is 2. The molecule has 0 saturated heterocycles. The zero-order valence-corrected chi connectivity index (χ0v) is 16.9. The van der Waals surface area contributed by atoms with E-state index < -0.39 is 10.0 Å². The summed E-state index contributed by atoms with van der Waals surface area (Å²) in [4.78, 5) is 14.5. The van der Waals surface area contributed by atoms with Crippen LogP contribution < -0.4 is 14.5 Å². The molecule has 0 aliphatic heterocycles. The van der Waals surface area contributed by atoms with Gasteiger partial charge in [0.15, 0.2) is 0 Å². The van der Waals surface area contributed by atoms with Crippen molar-refractivity contribution in [3.63, 3.8) is 0 Å². The Morgan fingerprint density at radius 3 is 2.04 bits per heavy atom. The molecule has 146 valence electrons. The van der Waals surface area contributed by atoms with E-state index in [4.69, 9.17) is 0 Å². The summed E-state index contributed by atoms with van der Waals surface area (Å²) in [5, 5.41) is 2.82. The number of nitrogens with zero attached hydrogens (tertiary/aromatic N) is 2. The predicted octanol–water partition coefficient (Wildman–Crippen LogP) is 3.33. The van der Waals surface area contributed by atoms with Gasteiger partial charge in [-0.25, -0.2) is 8.42 Å². The first kappa shape index (κ1) is 20.8. The Balaban J connectivity index is 1.98. The number of hydrogen-bond donors (Lipinski definition) is 1. The number of amides is 1. The number of para-hydroxylation sites is 1. The summed E-state index contributed by atoms with van der Waals surface area (Å²) < 4.78 is 25.3. The molecule has 1 amide bonds. The Kier molecular flexibility index (Phi) is 7.24. The van der Waals surface area contributed by atoms with Crippen LogP contribution in [-0.2, 0) is 14.8 Å². The molecule has 0 aromatic heterocycles. The van der Waals surface area contributed by atoms with Crippen molar-refractivity contribution < 1.29 is 13.2 Å². The minimum absolute atomic E-state index is 0.0692. The van der Waals surface area contributed by atoms with E-state index in [2.05, 4.69) is 24.1 Å². The Hall–Kier alpha value is -2.54. The van der Waals surface area contributed by atoms with Crippen LogP contribution in [0.4, 0.5) is 17.1 Å². The quantitative estimate of drug-likeness (QED) is 0.714. The fourth-order valence-corrected chi connectivity index (χ4v) is 3.78. The van der Waals surface area contributed by atoms with E-state index in [1.54, 1.807) is 24.3 Å². The Labute approximate surface area is 161 Å². The molecule has 27 heavy (non-hydrogen) atoms. The largest absolute Gasteiger partial charge is 0.372 e. The molecule has 0 saturated carbocycles. The number of anilines is 3. The van der Waals surface area contributed by atoms with Crippen molar-refractivity contribution in [3.05, 3.63) is 54.6 Å². The molecule has 2 aromatic carbocycles. The van der Waals surface area contributed by atoms with Crippen molar-refractivity contribution in [1.29, 1.82) is 0 Å². The maximum absolute atomic E-state index is 12.3. The second-order valence-electron chi connectivity index (χ2n) is 6.19. The maximum atomic E-state index is 12.3. The van der Waals surface area contributed by atoms with E-state index in [0.717, 1.165) is 25.0 Å². The number of carbonyl (C=O) groups is 1. The van der Waals surface area contributed by atoms with Gasteiger partial charge in [-0.1, -0.05) is 18.2 Å². The fourth-order valence-electron chi connectivity index (χ4n) is 2.85. The number of nitrogens with one attached hydrogen (secondary N) is 1. The van der Waals surface area contributed by atoms with Crippen molar-refractivity contribution in [2.75, 3.05) is 40.4 Å². The van der Waals surface area contributed by atoms with Crippen molar-refractivity contribution in [2.45, 2.75) is 20.3 Å². The van der Waals surface area contributed by atoms with Crippen molar-refractivity contribution in [3.8, 4) is 0 Å². The van der Waals surface area contributed by atoms with Gasteiger partial charge in [0.2, 0.25) is 15.9 Å². The summed E-state index contributed by atoms with van der Waals surface area (Å²) in [5.74, 6) is -0.227. The van der Waals surface area contributed by atoms with Crippen LogP contribution in [0.1, 0.15) is 20.3 Å². The minimum Gasteiger partial charge on any atom is -0.372 e. The zero-order valence-electron chi connectivity index (χ0n) is 16.1. The van der Waals surface area contributed by atoms with Gasteiger partial charge in [-0.3, -0.25) is 9.10 Å². The number of sulfonamides is 1. The van der Waals surface area contributed by atoms with Crippen LogP contribution in [0.2, 0.25) is 0 Å². The van der Waals surface area contributed by atoms with Gasteiger partial charge in [0.25, 0.3) is 0 Å². The van der Waals surface area contributed by atoms with Gasteiger partial charge < -0.3 is 10.2 Å². The Morgan fingerprint density at radius 1 is 0.926 bits per heavy atom. The van der Waals surface area contributed by atoms with E-state index >= 15 is 0 Å². The first-order chi connectivity index (χ1) is 12.8. The lowest BCUT2D eigenvalue weighted by Crippen LogP contribution is -2.33. The lowest BCUT2D eigenvalue weighted by molar-refractivity contribution is -0.116. The molecule has 6 nitrogen and oxygen atoms in total. The van der Waals surface area contributed by atoms with Gasteiger partial charge in [-0.15, -0.1) is 0 Å². The Bertz CT molecular complexity index is 833. The van der Waals surface area contributed by atoms with E-state index in [9.17, 15) is 13.2 Å². The lowest BCUT2D eigenvalue weighted by Gasteiger charge is -2.22. The maximum Gasteiger partial charge on any atom is 0.232 e. The van der Waals surface area contributed by atoms with Crippen LogP contribution in [0.15, 0.2) is 54.6 Å². The monoisotopic (exact) mass is 389 g/mol. The minimum atomic E-state index is -3.46. The molecular formula is C20H27N3O3S. The van der Waals surface area contributed by atoms with Crippen LogP contribution in [0, 0.1) is 0 Å². The third-order valence-electron chi connectivity index (χ3n) is 4.27. The van der Waals surface area contributed by atoms with Crippen LogP contribution >= 0.6 is 0 Å². The molecule has 0 aliphatic carbocycles. The highest BCUT2D eigenvalue weighted by Gasteiger charge is 2.18. The molecule has 0 aliphatic rings. The van der Waals surface area contributed by atoms with E-state index in [0.29, 0.717) is 11.4 Å². The van der Waals surface area contributed by atoms with Crippen LogP contribution in [0.3, 0.4) is 0 Å². The summed E-state index contributed by atoms with van der Waals surface area (Å²) >= 11 is 0. The van der Waals surface area contributed by atoms with Gasteiger partial charge in [0.05, 0.1) is 11.9 Å². The molecule has 0 heterocycles. The molecular weight excluding hydrogens is 362 g/mol. The van der Waals surface area contributed by atoms with Crippen LogP contribution in [0.25, 0.3) is 0 Å². The average molecular weight is 390 g/mol. The predicted molar refractivity (Wildman–Crippen MR) is 112 cm³/mol. The summed E-state index contributed by atoms with van der Waals surface area (Å²) in [5.41, 5.74) is 2.35. The highest BCUT2D eigenvalue weighted by atomic mass is 32.2. The third-order valence-corrected chi connectivity index (χ3v) is 5.46. The van der Waals surface area contributed by atoms with Gasteiger partial charge >= 0.3 is 0 Å². The van der Waals surface area contributed by atoms with Gasteiger partial charge in [-0.05, 0) is 50.2 Å². The highest BCUT2D eigenvalue weighted by Crippen LogP contribution is 2.19. The molecule has 0 unspecified atom stereocenters. The fraction of sp³-hybridized carbons (Fsp3) is 0.350. The molecule has 0 radical (unpaired) electrons. The molecule has 0 spiro atoms. The van der Waals surface area contributed by atoms with E-state index in [-0.39, 0.29) is 18.9 Å². The standard InChI is InChI=1S/C20H27N3O3S/c1-4-22(5-2)18-13-11-17(12-14-18)21-20(24)15-16-23(27(3,25)26)19-9-7-6-8-10-19/h6-14H,4-5,15-16H2,1-3H3,(H,21,24). The summed E-state index contributed by atoms with van der Waals surface area (Å²) in [6, 6.07) is 16.4.